The maximum atomic E-state index is 10.8. The smallest absolute Gasteiger partial charge is 0.404 e. The van der Waals surface area contributed by atoms with E-state index >= 15 is 0 Å². The van der Waals surface area contributed by atoms with Gasteiger partial charge >= 0.3 is 6.09 Å². The quantitative estimate of drug-likeness (QED) is 0.841. The van der Waals surface area contributed by atoms with Gasteiger partial charge in [-0.3, -0.25) is 9.73 Å². The van der Waals surface area contributed by atoms with Crippen molar-refractivity contribution in [1.29, 1.82) is 0 Å². The molecular formula is C14H23N4O2P. The summed E-state index contributed by atoms with van der Waals surface area (Å²) < 4.78 is 4.82. The molecule has 1 saturated heterocycles. The van der Waals surface area contributed by atoms with Crippen LogP contribution < -0.4 is 10.2 Å². The molecule has 2 N–H and O–H groups in total. The molecule has 116 valence electrons. The van der Waals surface area contributed by atoms with Gasteiger partial charge in [0, 0.05) is 25.3 Å². The maximum Gasteiger partial charge on any atom is 0.404 e. The fourth-order valence-electron chi connectivity index (χ4n) is 2.53. The van der Waals surface area contributed by atoms with Gasteiger partial charge in [-0.05, 0) is 46.0 Å². The predicted octanol–water partition coefficient (Wildman–Crippen LogP) is 3.04. The van der Waals surface area contributed by atoms with E-state index in [4.69, 9.17) is 9.85 Å². The van der Waals surface area contributed by atoms with Crippen molar-refractivity contribution in [2.75, 3.05) is 38.0 Å². The molecule has 0 spiro atoms. The average molecular weight is 310 g/mol. The van der Waals surface area contributed by atoms with Gasteiger partial charge in [-0.1, -0.05) is 0 Å². The van der Waals surface area contributed by atoms with Gasteiger partial charge < -0.3 is 15.3 Å². The van der Waals surface area contributed by atoms with E-state index in [0.29, 0.717) is 6.54 Å². The number of carboxylic acid groups (broad SMARTS) is 1. The standard InChI is InChI=1S/C14H23N4O2P/c1-21(2,3)17-12-9-15-7-6-13(12)18-8-4-5-11(10-18)16-14(19)20/h6-7,9,11,16H,4-5,8,10H2,1-3H3,(H,19,20). The number of hydrogen-bond donors (Lipinski definition) is 2. The second-order valence-electron chi connectivity index (χ2n) is 6.14. The molecule has 0 saturated carbocycles. The molecule has 0 aromatic carbocycles. The fourth-order valence-corrected chi connectivity index (χ4v) is 3.34. The van der Waals surface area contributed by atoms with E-state index in [1.54, 1.807) is 12.4 Å². The topological polar surface area (TPSA) is 77.8 Å². The van der Waals surface area contributed by atoms with Gasteiger partial charge in [0.2, 0.25) is 0 Å². The lowest BCUT2D eigenvalue weighted by molar-refractivity contribution is 0.188. The number of nitrogens with zero attached hydrogens (tertiary/aromatic N) is 3. The highest BCUT2D eigenvalue weighted by Crippen LogP contribution is 2.43. The van der Waals surface area contributed by atoms with E-state index in [0.717, 1.165) is 30.8 Å². The number of piperidine rings is 1. The van der Waals surface area contributed by atoms with Gasteiger partial charge in [0.1, 0.15) is 5.69 Å². The van der Waals surface area contributed by atoms with E-state index in [1.807, 2.05) is 6.07 Å². The highest BCUT2D eigenvalue weighted by molar-refractivity contribution is 7.64. The summed E-state index contributed by atoms with van der Waals surface area (Å²) in [5.41, 5.74) is 1.96. The summed E-state index contributed by atoms with van der Waals surface area (Å²) in [5, 5.41) is 11.5. The molecule has 1 amide bonds. The van der Waals surface area contributed by atoms with Crippen LogP contribution in [0.15, 0.2) is 23.2 Å². The molecule has 0 radical (unpaired) electrons. The molecule has 1 atom stereocenters. The molecule has 6 nitrogen and oxygen atoms in total. The van der Waals surface area contributed by atoms with Crippen molar-refractivity contribution in [2.24, 2.45) is 4.74 Å². The minimum Gasteiger partial charge on any atom is -0.465 e. The first-order chi connectivity index (χ1) is 9.85. The van der Waals surface area contributed by atoms with E-state index in [1.165, 1.54) is 0 Å². The summed E-state index contributed by atoms with van der Waals surface area (Å²) in [5.74, 6) is 0. The summed E-state index contributed by atoms with van der Waals surface area (Å²) in [7, 11) is -1.30. The van der Waals surface area contributed by atoms with Crippen molar-refractivity contribution < 1.29 is 9.90 Å². The molecule has 0 aliphatic carbocycles. The van der Waals surface area contributed by atoms with Crippen molar-refractivity contribution >= 4 is 24.5 Å². The van der Waals surface area contributed by atoms with Gasteiger partial charge in [0.25, 0.3) is 0 Å². The van der Waals surface area contributed by atoms with Gasteiger partial charge in [-0.15, -0.1) is 0 Å². The summed E-state index contributed by atoms with van der Waals surface area (Å²) in [4.78, 5) is 17.2. The summed E-state index contributed by atoms with van der Waals surface area (Å²) >= 11 is 0. The monoisotopic (exact) mass is 310 g/mol. The molecule has 21 heavy (non-hydrogen) atoms. The SMILES string of the molecule is CP(C)(C)=Nc1cnccc1N1CCCC(NC(=O)O)C1. The fraction of sp³-hybridized carbons (Fsp3) is 0.571. The third kappa shape index (κ3) is 4.74. The first kappa shape index (κ1) is 15.8. The number of rotatable bonds is 3. The Morgan fingerprint density at radius 2 is 2.29 bits per heavy atom. The molecule has 1 unspecified atom stereocenters. The molecule has 2 rings (SSSR count). The number of hydrogen-bond acceptors (Lipinski definition) is 4. The Kier molecular flexibility index (Phi) is 4.88. The minimum atomic E-state index is -1.30. The molecule has 7 heteroatoms. The van der Waals surface area contributed by atoms with Crippen LogP contribution in [0, 0.1) is 0 Å². The van der Waals surface area contributed by atoms with Crippen molar-refractivity contribution in [3.63, 3.8) is 0 Å². The molecule has 2 heterocycles. The van der Waals surface area contributed by atoms with Crippen LogP contribution in [0.1, 0.15) is 12.8 Å². The van der Waals surface area contributed by atoms with Gasteiger partial charge in [0.05, 0.1) is 11.9 Å². The number of aromatic nitrogens is 1. The third-order valence-electron chi connectivity index (χ3n) is 3.28. The summed E-state index contributed by atoms with van der Waals surface area (Å²) in [6.07, 6.45) is 4.46. The Morgan fingerprint density at radius 1 is 1.52 bits per heavy atom. The largest absolute Gasteiger partial charge is 0.465 e. The third-order valence-corrected chi connectivity index (χ3v) is 4.09. The van der Waals surface area contributed by atoms with Gasteiger partial charge in [-0.25, -0.2) is 4.79 Å². The lowest BCUT2D eigenvalue weighted by atomic mass is 10.1. The molecule has 1 aliphatic heterocycles. The number of carbonyl (C=O) groups is 1. The van der Waals surface area contributed by atoms with Crippen LogP contribution in [0.5, 0.6) is 0 Å². The van der Waals surface area contributed by atoms with Crippen molar-refractivity contribution in [3.8, 4) is 0 Å². The van der Waals surface area contributed by atoms with E-state index < -0.39 is 13.1 Å². The Balaban J connectivity index is 2.23. The molecule has 1 aromatic heterocycles. The highest BCUT2D eigenvalue weighted by Gasteiger charge is 2.23. The zero-order chi connectivity index (χ0) is 15.5. The molecular weight excluding hydrogens is 287 g/mol. The first-order valence-corrected chi connectivity index (χ1v) is 10.2. The van der Waals surface area contributed by atoms with Crippen molar-refractivity contribution in [1.82, 2.24) is 10.3 Å². The molecule has 1 aromatic rings. The zero-order valence-electron chi connectivity index (χ0n) is 12.8. The lowest BCUT2D eigenvalue weighted by Crippen LogP contribution is -2.47. The molecule has 0 bridgehead atoms. The van der Waals surface area contributed by atoms with E-state index in [-0.39, 0.29) is 6.04 Å². The number of anilines is 1. The Bertz CT molecular complexity index is 562. The minimum absolute atomic E-state index is 0.0262. The first-order valence-electron chi connectivity index (χ1n) is 7.08. The zero-order valence-corrected chi connectivity index (χ0v) is 13.7. The number of nitrogens with one attached hydrogen (secondary N) is 1. The Hall–Kier alpha value is -1.55. The van der Waals surface area contributed by atoms with E-state index in [9.17, 15) is 4.79 Å². The van der Waals surface area contributed by atoms with Crippen LogP contribution >= 0.6 is 7.05 Å². The van der Waals surface area contributed by atoms with Gasteiger partial charge in [0.15, 0.2) is 0 Å². The van der Waals surface area contributed by atoms with Crippen LogP contribution in [0.25, 0.3) is 0 Å². The second kappa shape index (κ2) is 6.48. The average Bonchev–Trinajstić information content (AvgIpc) is 2.37. The van der Waals surface area contributed by atoms with Crippen LogP contribution in [0.2, 0.25) is 0 Å². The van der Waals surface area contributed by atoms with Crippen LogP contribution in [0.3, 0.4) is 0 Å². The summed E-state index contributed by atoms with van der Waals surface area (Å²) in [6, 6.07) is 1.94. The maximum absolute atomic E-state index is 10.8. The van der Waals surface area contributed by atoms with Gasteiger partial charge in [-0.2, -0.15) is 0 Å². The van der Waals surface area contributed by atoms with Crippen LogP contribution in [-0.4, -0.2) is 55.3 Å². The van der Waals surface area contributed by atoms with Crippen LogP contribution in [0.4, 0.5) is 16.2 Å². The normalized spacial score (nSPS) is 19.2. The van der Waals surface area contributed by atoms with Crippen molar-refractivity contribution in [3.05, 3.63) is 18.5 Å². The van der Waals surface area contributed by atoms with Crippen LogP contribution in [-0.2, 0) is 0 Å². The molecule has 1 aliphatic rings. The summed E-state index contributed by atoms with van der Waals surface area (Å²) in [6.45, 7) is 8.09. The Labute approximate surface area is 125 Å². The van der Waals surface area contributed by atoms with E-state index in [2.05, 4.69) is 35.2 Å². The second-order valence-corrected chi connectivity index (χ2v) is 10.2. The Morgan fingerprint density at radius 3 is 2.95 bits per heavy atom. The number of pyridine rings is 1. The lowest BCUT2D eigenvalue weighted by Gasteiger charge is -2.34. The number of amides is 1. The van der Waals surface area contributed by atoms with Crippen molar-refractivity contribution in [2.45, 2.75) is 18.9 Å². The predicted molar refractivity (Wildman–Crippen MR) is 87.4 cm³/mol. The molecule has 1 fully saturated rings. The highest BCUT2D eigenvalue weighted by atomic mass is 31.2.